The van der Waals surface area contributed by atoms with Crippen molar-refractivity contribution < 1.29 is 13.2 Å². The SMILES string of the molecule is CC[CH]SCC#CC(F)(F)F. The molecule has 0 aromatic carbocycles. The highest BCUT2D eigenvalue weighted by Crippen LogP contribution is 2.12. The zero-order chi connectivity index (χ0) is 8.74. The van der Waals surface area contributed by atoms with Gasteiger partial charge in [0, 0.05) is 11.7 Å². The number of rotatable bonds is 3. The van der Waals surface area contributed by atoms with Gasteiger partial charge in [-0.05, 0) is 6.42 Å². The maximum atomic E-state index is 11.4. The summed E-state index contributed by atoms with van der Waals surface area (Å²) in [7, 11) is 0. The molecule has 0 bridgehead atoms. The average Bonchev–Trinajstić information content (AvgIpc) is 1.85. The lowest BCUT2D eigenvalue weighted by Gasteiger charge is -1.92. The van der Waals surface area contributed by atoms with Crippen molar-refractivity contribution in [3.05, 3.63) is 5.75 Å². The van der Waals surface area contributed by atoms with E-state index in [1.165, 1.54) is 17.7 Å². The molecule has 0 aliphatic heterocycles. The van der Waals surface area contributed by atoms with Crippen LogP contribution in [0.1, 0.15) is 13.3 Å². The van der Waals surface area contributed by atoms with E-state index in [-0.39, 0.29) is 5.75 Å². The first-order chi connectivity index (χ1) is 5.06. The number of hydrogen-bond donors (Lipinski definition) is 0. The molecule has 0 saturated heterocycles. The van der Waals surface area contributed by atoms with Crippen LogP contribution >= 0.6 is 11.8 Å². The summed E-state index contributed by atoms with van der Waals surface area (Å²) in [6.45, 7) is 1.92. The summed E-state index contributed by atoms with van der Waals surface area (Å²) in [6.07, 6.45) is -3.49. The molecule has 1 radical (unpaired) electrons. The fraction of sp³-hybridized carbons (Fsp3) is 0.571. The van der Waals surface area contributed by atoms with Crippen LogP contribution in [0.3, 0.4) is 0 Å². The molecule has 0 spiro atoms. The van der Waals surface area contributed by atoms with Gasteiger partial charge in [0.2, 0.25) is 0 Å². The molecule has 0 aromatic rings. The van der Waals surface area contributed by atoms with Crippen molar-refractivity contribution >= 4 is 11.8 Å². The summed E-state index contributed by atoms with van der Waals surface area (Å²) in [5.41, 5.74) is 0. The molecule has 0 aliphatic rings. The summed E-state index contributed by atoms with van der Waals surface area (Å²) in [6, 6.07) is 0. The van der Waals surface area contributed by atoms with Gasteiger partial charge < -0.3 is 0 Å². The smallest absolute Gasteiger partial charge is 0.159 e. The monoisotopic (exact) mass is 181 g/mol. The molecular weight excluding hydrogens is 173 g/mol. The third kappa shape index (κ3) is 9.70. The molecule has 0 nitrogen and oxygen atoms in total. The van der Waals surface area contributed by atoms with Crippen molar-refractivity contribution in [3.8, 4) is 11.8 Å². The van der Waals surface area contributed by atoms with Crippen LogP contribution in [0.4, 0.5) is 13.2 Å². The Morgan fingerprint density at radius 1 is 1.45 bits per heavy atom. The van der Waals surface area contributed by atoms with Gasteiger partial charge in [-0.3, -0.25) is 0 Å². The zero-order valence-electron chi connectivity index (χ0n) is 6.03. The van der Waals surface area contributed by atoms with Crippen LogP contribution in [0.2, 0.25) is 0 Å². The first kappa shape index (κ1) is 10.7. The Morgan fingerprint density at radius 3 is 2.55 bits per heavy atom. The number of hydrogen-bond acceptors (Lipinski definition) is 1. The van der Waals surface area contributed by atoms with Gasteiger partial charge in [0.1, 0.15) is 0 Å². The number of thioether (sulfide) groups is 1. The van der Waals surface area contributed by atoms with E-state index in [0.29, 0.717) is 0 Å². The maximum Gasteiger partial charge on any atom is 0.457 e. The van der Waals surface area contributed by atoms with Gasteiger partial charge in [0.05, 0.1) is 5.75 Å². The minimum Gasteiger partial charge on any atom is -0.159 e. The van der Waals surface area contributed by atoms with Gasteiger partial charge >= 0.3 is 6.18 Å². The highest BCUT2D eigenvalue weighted by Gasteiger charge is 2.22. The summed E-state index contributed by atoms with van der Waals surface area (Å²) in [4.78, 5) is 0. The molecule has 4 heteroatoms. The fourth-order valence-corrected chi connectivity index (χ4v) is 0.864. The van der Waals surface area contributed by atoms with Crippen molar-refractivity contribution in [2.24, 2.45) is 0 Å². The molecule has 11 heavy (non-hydrogen) atoms. The van der Waals surface area contributed by atoms with Crippen LogP contribution < -0.4 is 0 Å². The van der Waals surface area contributed by atoms with E-state index in [4.69, 9.17) is 0 Å². The zero-order valence-corrected chi connectivity index (χ0v) is 6.85. The van der Waals surface area contributed by atoms with Gasteiger partial charge in [-0.2, -0.15) is 13.2 Å². The van der Waals surface area contributed by atoms with Crippen molar-refractivity contribution in [3.63, 3.8) is 0 Å². The Morgan fingerprint density at radius 2 is 2.09 bits per heavy atom. The van der Waals surface area contributed by atoms with Crippen LogP contribution in [0, 0.1) is 17.6 Å². The van der Waals surface area contributed by atoms with Crippen LogP contribution in [-0.4, -0.2) is 11.9 Å². The van der Waals surface area contributed by atoms with Crippen molar-refractivity contribution in [2.45, 2.75) is 19.5 Å². The third-order valence-electron chi connectivity index (χ3n) is 0.670. The Balaban J connectivity index is 3.41. The summed E-state index contributed by atoms with van der Waals surface area (Å²) in [5, 5.41) is 0. The van der Waals surface area contributed by atoms with Gasteiger partial charge in [-0.25, -0.2) is 0 Å². The molecule has 0 amide bonds. The maximum absolute atomic E-state index is 11.4. The van der Waals surface area contributed by atoms with E-state index in [1.807, 2.05) is 18.6 Å². The second-order valence-electron chi connectivity index (χ2n) is 1.69. The first-order valence-corrected chi connectivity index (χ1v) is 4.11. The second-order valence-corrected chi connectivity index (χ2v) is 2.64. The predicted octanol–water partition coefficient (Wildman–Crippen LogP) is 2.86. The van der Waals surface area contributed by atoms with Crippen LogP contribution in [0.15, 0.2) is 0 Å². The lowest BCUT2D eigenvalue weighted by atomic mass is 10.6. The van der Waals surface area contributed by atoms with Crippen molar-refractivity contribution in [1.29, 1.82) is 0 Å². The first-order valence-electron chi connectivity index (χ1n) is 3.06. The lowest BCUT2D eigenvalue weighted by molar-refractivity contribution is -0.0696. The molecular formula is C7H8F3S. The Labute approximate surface area is 68.5 Å². The topological polar surface area (TPSA) is 0 Å². The molecule has 0 aliphatic carbocycles. The minimum absolute atomic E-state index is 0.216. The molecule has 0 N–H and O–H groups in total. The van der Waals surface area contributed by atoms with E-state index < -0.39 is 6.18 Å². The second kappa shape index (κ2) is 5.36. The van der Waals surface area contributed by atoms with E-state index in [1.54, 1.807) is 0 Å². The molecule has 0 saturated carbocycles. The Hall–Kier alpha value is -0.300. The molecule has 0 atom stereocenters. The summed E-state index contributed by atoms with van der Waals surface area (Å²) < 4.78 is 34.1. The summed E-state index contributed by atoms with van der Waals surface area (Å²) in [5.74, 6) is 5.25. The average molecular weight is 181 g/mol. The molecule has 0 unspecified atom stereocenters. The van der Waals surface area contributed by atoms with E-state index >= 15 is 0 Å². The Kier molecular flexibility index (Phi) is 5.22. The quantitative estimate of drug-likeness (QED) is 0.476. The van der Waals surface area contributed by atoms with E-state index in [2.05, 4.69) is 0 Å². The molecule has 0 aromatic heterocycles. The van der Waals surface area contributed by atoms with Crippen molar-refractivity contribution in [2.75, 3.05) is 5.75 Å². The van der Waals surface area contributed by atoms with Gasteiger partial charge in [-0.15, -0.1) is 11.8 Å². The largest absolute Gasteiger partial charge is 0.457 e. The van der Waals surface area contributed by atoms with Crippen LogP contribution in [0.25, 0.3) is 0 Å². The normalized spacial score (nSPS) is 10.5. The van der Waals surface area contributed by atoms with E-state index in [0.717, 1.165) is 6.42 Å². The molecule has 0 heterocycles. The Bertz CT molecular complexity index is 151. The molecule has 0 rings (SSSR count). The third-order valence-corrected chi connectivity index (χ3v) is 1.55. The molecule has 0 fully saturated rings. The van der Waals surface area contributed by atoms with Crippen LogP contribution in [0.5, 0.6) is 0 Å². The van der Waals surface area contributed by atoms with Gasteiger partial charge in [0.25, 0.3) is 0 Å². The van der Waals surface area contributed by atoms with E-state index in [9.17, 15) is 13.2 Å². The lowest BCUT2D eigenvalue weighted by Crippen LogP contribution is -2.01. The summed E-state index contributed by atoms with van der Waals surface area (Å²) >= 11 is 1.30. The predicted molar refractivity (Wildman–Crippen MR) is 40.9 cm³/mol. The van der Waals surface area contributed by atoms with Gasteiger partial charge in [-0.1, -0.05) is 12.8 Å². The number of alkyl halides is 3. The minimum atomic E-state index is -4.34. The standard InChI is InChI=1S/C7H8F3S/c1-2-5-11-6-3-4-7(8,9)10/h5H,2,6H2,1H3. The highest BCUT2D eigenvalue weighted by atomic mass is 32.2. The highest BCUT2D eigenvalue weighted by molar-refractivity contribution is 8.01. The molecule has 63 valence electrons. The number of halogens is 3. The van der Waals surface area contributed by atoms with Crippen molar-refractivity contribution in [1.82, 2.24) is 0 Å². The van der Waals surface area contributed by atoms with Crippen LogP contribution in [-0.2, 0) is 0 Å². The fourth-order valence-electron chi connectivity index (χ4n) is 0.355. The van der Waals surface area contributed by atoms with Gasteiger partial charge in [0.15, 0.2) is 0 Å².